The van der Waals surface area contributed by atoms with Crippen LogP contribution in [0.5, 0.6) is 0 Å². The number of ketones is 1. The summed E-state index contributed by atoms with van der Waals surface area (Å²) in [5, 5.41) is 7.15. The van der Waals surface area contributed by atoms with Crippen molar-refractivity contribution in [2.45, 2.75) is 44.7 Å². The van der Waals surface area contributed by atoms with E-state index in [0.717, 1.165) is 29.9 Å². The smallest absolute Gasteiger partial charge is 0.130 e. The fourth-order valence-corrected chi connectivity index (χ4v) is 3.64. The molecule has 0 aromatic heterocycles. The molecular weight excluding hydrogens is 310 g/mol. The minimum Gasteiger partial charge on any atom is -0.381 e. The lowest BCUT2D eigenvalue weighted by Gasteiger charge is -2.32. The lowest BCUT2D eigenvalue weighted by Crippen LogP contribution is -2.36. The van der Waals surface area contributed by atoms with Crippen LogP contribution in [-0.2, 0) is 4.79 Å². The van der Waals surface area contributed by atoms with Gasteiger partial charge in [0.2, 0.25) is 0 Å². The molecule has 4 heteroatoms. The van der Waals surface area contributed by atoms with Crippen molar-refractivity contribution in [1.82, 2.24) is 0 Å². The molecule has 0 bridgehead atoms. The molecule has 0 saturated carbocycles. The van der Waals surface area contributed by atoms with E-state index in [9.17, 15) is 4.79 Å². The number of carbonyl (C=O) groups excluding carboxylic acids is 1. The molecule has 1 aromatic carbocycles. The van der Waals surface area contributed by atoms with Crippen LogP contribution in [0.3, 0.4) is 0 Å². The number of nitrogens with two attached hydrogens (primary N) is 1. The lowest BCUT2D eigenvalue weighted by atomic mass is 9.89. The van der Waals surface area contributed by atoms with Crippen LogP contribution < -0.4 is 16.4 Å². The first-order valence-electron chi connectivity index (χ1n) is 8.88. The first kappa shape index (κ1) is 17.5. The van der Waals surface area contributed by atoms with Crippen molar-refractivity contribution in [1.29, 1.82) is 0 Å². The number of rotatable bonds is 5. The van der Waals surface area contributed by atoms with Gasteiger partial charge in [-0.2, -0.15) is 0 Å². The lowest BCUT2D eigenvalue weighted by molar-refractivity contribution is -0.117. The molecule has 1 aliphatic carbocycles. The van der Waals surface area contributed by atoms with Crippen molar-refractivity contribution in [3.63, 3.8) is 0 Å². The van der Waals surface area contributed by atoms with Crippen LogP contribution in [0.2, 0.25) is 0 Å². The van der Waals surface area contributed by atoms with Gasteiger partial charge in [0.05, 0.1) is 17.4 Å². The van der Waals surface area contributed by atoms with Crippen molar-refractivity contribution in [2.75, 3.05) is 17.2 Å². The van der Waals surface area contributed by atoms with E-state index in [0.29, 0.717) is 6.42 Å². The maximum atomic E-state index is 11.5. The number of hydrogen-bond donors (Lipinski definition) is 3. The van der Waals surface area contributed by atoms with Crippen molar-refractivity contribution in [3.05, 3.63) is 59.7 Å². The van der Waals surface area contributed by atoms with Crippen LogP contribution in [0.4, 0.5) is 11.4 Å². The van der Waals surface area contributed by atoms with Gasteiger partial charge in [0.1, 0.15) is 5.78 Å². The second kappa shape index (κ2) is 7.28. The van der Waals surface area contributed by atoms with Crippen LogP contribution in [0.25, 0.3) is 0 Å². The summed E-state index contributed by atoms with van der Waals surface area (Å²) in [6.07, 6.45) is 9.72. The molecule has 0 saturated heterocycles. The Morgan fingerprint density at radius 2 is 2.24 bits per heavy atom. The molecule has 0 radical (unpaired) electrons. The van der Waals surface area contributed by atoms with Crippen LogP contribution in [-0.4, -0.2) is 24.4 Å². The molecule has 2 aliphatic rings. The second-order valence-corrected chi connectivity index (χ2v) is 7.05. The molecule has 4 nitrogen and oxygen atoms in total. The summed E-state index contributed by atoms with van der Waals surface area (Å²) in [5.74, 6) is 0.241. The van der Waals surface area contributed by atoms with E-state index < -0.39 is 0 Å². The van der Waals surface area contributed by atoms with E-state index in [4.69, 9.17) is 5.73 Å². The Bertz CT molecular complexity index is 748. The predicted molar refractivity (Wildman–Crippen MR) is 105 cm³/mol. The number of benzene rings is 1. The molecule has 0 fully saturated rings. The number of aryl methyl sites for hydroxylation is 1. The van der Waals surface area contributed by atoms with Crippen molar-refractivity contribution in [3.8, 4) is 0 Å². The zero-order valence-corrected chi connectivity index (χ0v) is 15.0. The van der Waals surface area contributed by atoms with Gasteiger partial charge in [-0.25, -0.2) is 0 Å². The summed E-state index contributed by atoms with van der Waals surface area (Å²) < 4.78 is 0. The SMILES string of the molecule is C=C[C@@H](CC(C)=O)c1cc2c(cc1C)NC(C1=CC(N)CC=C1)CN2. The number of allylic oxidation sites excluding steroid dienone is 1. The highest BCUT2D eigenvalue weighted by molar-refractivity contribution is 5.78. The summed E-state index contributed by atoms with van der Waals surface area (Å²) in [5.41, 5.74) is 11.8. The van der Waals surface area contributed by atoms with E-state index in [1.54, 1.807) is 6.92 Å². The maximum Gasteiger partial charge on any atom is 0.130 e. The standard InChI is InChI=1S/C21H27N3O/c1-4-15(9-14(3)25)18-11-19-20(8-13(18)2)24-21(12-23-19)16-6-5-7-17(22)10-16/h4-6,8,10-11,15,17,21,23-24H,1,7,9,12,22H2,2-3H3/t15-,17?,21?/m0/s1. The number of hydrogen-bond acceptors (Lipinski definition) is 4. The van der Waals surface area contributed by atoms with Gasteiger partial charge in [0.15, 0.2) is 0 Å². The van der Waals surface area contributed by atoms with Gasteiger partial charge in [0, 0.05) is 24.9 Å². The van der Waals surface area contributed by atoms with Crippen LogP contribution in [0, 0.1) is 6.92 Å². The van der Waals surface area contributed by atoms with Gasteiger partial charge in [-0.15, -0.1) is 6.58 Å². The Morgan fingerprint density at radius 3 is 2.92 bits per heavy atom. The van der Waals surface area contributed by atoms with E-state index in [-0.39, 0.29) is 23.8 Å². The molecule has 0 amide bonds. The van der Waals surface area contributed by atoms with E-state index in [1.807, 2.05) is 6.08 Å². The fourth-order valence-electron chi connectivity index (χ4n) is 3.64. The highest BCUT2D eigenvalue weighted by atomic mass is 16.1. The van der Waals surface area contributed by atoms with Gasteiger partial charge in [-0.3, -0.25) is 4.79 Å². The Morgan fingerprint density at radius 1 is 1.44 bits per heavy atom. The highest BCUT2D eigenvalue weighted by Gasteiger charge is 2.23. The normalized spacial score (nSPS) is 22.9. The van der Waals surface area contributed by atoms with Gasteiger partial charge >= 0.3 is 0 Å². The molecule has 1 aromatic rings. The number of Topliss-reactive ketones (excluding diaryl/α,β-unsaturated/α-hetero) is 1. The quantitative estimate of drug-likeness (QED) is 0.717. The van der Waals surface area contributed by atoms with Crippen molar-refractivity contribution >= 4 is 17.2 Å². The second-order valence-electron chi connectivity index (χ2n) is 7.05. The van der Waals surface area contributed by atoms with Gasteiger partial charge in [-0.05, 0) is 49.1 Å². The third-order valence-corrected chi connectivity index (χ3v) is 4.95. The minimum atomic E-state index is 0.0595. The van der Waals surface area contributed by atoms with E-state index in [2.05, 4.69) is 54.5 Å². The molecular formula is C21H27N3O. The molecule has 25 heavy (non-hydrogen) atoms. The van der Waals surface area contributed by atoms with Crippen molar-refractivity contribution < 1.29 is 4.79 Å². The molecule has 3 atom stereocenters. The van der Waals surface area contributed by atoms with Crippen LogP contribution >= 0.6 is 0 Å². The zero-order valence-electron chi connectivity index (χ0n) is 15.0. The fraction of sp³-hybridized carbons (Fsp3) is 0.381. The zero-order chi connectivity index (χ0) is 18.0. The van der Waals surface area contributed by atoms with Crippen molar-refractivity contribution in [2.24, 2.45) is 5.73 Å². The molecule has 2 unspecified atom stereocenters. The molecule has 4 N–H and O–H groups in total. The number of carbonyl (C=O) groups is 1. The first-order valence-corrected chi connectivity index (χ1v) is 8.88. The average Bonchev–Trinajstić information content (AvgIpc) is 2.58. The topological polar surface area (TPSA) is 67.2 Å². The summed E-state index contributed by atoms with van der Waals surface area (Å²) in [4.78, 5) is 11.5. The summed E-state index contributed by atoms with van der Waals surface area (Å²) >= 11 is 0. The van der Waals surface area contributed by atoms with E-state index >= 15 is 0 Å². The van der Waals surface area contributed by atoms with Gasteiger partial charge in [-0.1, -0.05) is 24.3 Å². The third-order valence-electron chi connectivity index (χ3n) is 4.95. The molecule has 1 heterocycles. The van der Waals surface area contributed by atoms with Gasteiger partial charge < -0.3 is 16.4 Å². The first-order chi connectivity index (χ1) is 12.0. The average molecular weight is 337 g/mol. The predicted octanol–water partition coefficient (Wildman–Crippen LogP) is 3.66. The Kier molecular flexibility index (Phi) is 5.09. The summed E-state index contributed by atoms with van der Waals surface area (Å²) in [6, 6.07) is 4.63. The summed E-state index contributed by atoms with van der Waals surface area (Å²) in [6.45, 7) is 8.44. The number of anilines is 2. The summed E-state index contributed by atoms with van der Waals surface area (Å²) in [7, 11) is 0. The monoisotopic (exact) mass is 337 g/mol. The minimum absolute atomic E-state index is 0.0595. The number of fused-ring (bicyclic) bond motifs is 1. The van der Waals surface area contributed by atoms with Crippen LogP contribution in [0.1, 0.15) is 36.8 Å². The Labute approximate surface area is 149 Å². The third kappa shape index (κ3) is 3.85. The Balaban J connectivity index is 1.85. The largest absolute Gasteiger partial charge is 0.381 e. The molecule has 3 rings (SSSR count). The Hall–Kier alpha value is -2.33. The molecule has 0 spiro atoms. The van der Waals surface area contributed by atoms with Crippen LogP contribution in [0.15, 0.2) is 48.6 Å². The number of nitrogens with one attached hydrogen (secondary N) is 2. The molecule has 132 valence electrons. The van der Waals surface area contributed by atoms with E-state index in [1.165, 1.54) is 11.1 Å². The highest BCUT2D eigenvalue weighted by Crippen LogP contribution is 2.35. The van der Waals surface area contributed by atoms with Gasteiger partial charge in [0.25, 0.3) is 0 Å². The molecule has 1 aliphatic heterocycles. The maximum absolute atomic E-state index is 11.5.